The highest BCUT2D eigenvalue weighted by atomic mass is 79.9. The molecular formula is C12H13BrClNO4. The molecule has 7 heteroatoms. The van der Waals surface area contributed by atoms with Crippen LogP contribution < -0.4 is 4.74 Å². The van der Waals surface area contributed by atoms with E-state index in [1.165, 1.54) is 11.9 Å². The normalized spacial score (nSPS) is 10.1. The first-order valence-corrected chi connectivity index (χ1v) is 6.61. The molecule has 0 aliphatic rings. The summed E-state index contributed by atoms with van der Waals surface area (Å²) in [5.74, 6) is -0.846. The van der Waals surface area contributed by atoms with Crippen LogP contribution in [0.15, 0.2) is 22.7 Å². The molecule has 1 aromatic carbocycles. The second-order valence-corrected chi connectivity index (χ2v) is 5.15. The van der Waals surface area contributed by atoms with Crippen LogP contribution in [0.25, 0.3) is 0 Å². The van der Waals surface area contributed by atoms with E-state index in [2.05, 4.69) is 15.9 Å². The Morgan fingerprint density at radius 3 is 2.74 bits per heavy atom. The van der Waals surface area contributed by atoms with Gasteiger partial charge in [0.25, 0.3) is 5.91 Å². The molecule has 1 amide bonds. The minimum Gasteiger partial charge on any atom is -0.482 e. The van der Waals surface area contributed by atoms with E-state index in [1.807, 2.05) is 0 Å². The van der Waals surface area contributed by atoms with Crippen LogP contribution in [0, 0.1) is 0 Å². The monoisotopic (exact) mass is 349 g/mol. The van der Waals surface area contributed by atoms with Gasteiger partial charge in [-0.2, -0.15) is 0 Å². The summed E-state index contributed by atoms with van der Waals surface area (Å²) in [6, 6.07) is 5.06. The fourth-order valence-electron chi connectivity index (χ4n) is 1.23. The third kappa shape index (κ3) is 5.48. The number of rotatable bonds is 6. The number of carboxylic acid groups (broad SMARTS) is 1. The SMILES string of the molecule is CN(CCC(=O)O)C(=O)COc1ccc(Br)cc1Cl. The van der Waals surface area contributed by atoms with Gasteiger partial charge in [-0.05, 0) is 18.2 Å². The summed E-state index contributed by atoms with van der Waals surface area (Å²) in [5.41, 5.74) is 0. The highest BCUT2D eigenvalue weighted by Crippen LogP contribution is 2.27. The Labute approximate surface area is 124 Å². The van der Waals surface area contributed by atoms with E-state index in [0.717, 1.165) is 4.47 Å². The number of carbonyl (C=O) groups is 2. The zero-order valence-electron chi connectivity index (χ0n) is 10.2. The van der Waals surface area contributed by atoms with Crippen molar-refractivity contribution in [1.29, 1.82) is 0 Å². The molecule has 0 saturated heterocycles. The molecule has 19 heavy (non-hydrogen) atoms. The second kappa shape index (κ2) is 7.35. The molecule has 0 aromatic heterocycles. The first-order valence-electron chi connectivity index (χ1n) is 5.43. The van der Waals surface area contributed by atoms with Crippen molar-refractivity contribution in [2.75, 3.05) is 20.2 Å². The molecule has 1 aromatic rings. The molecule has 0 spiro atoms. The topological polar surface area (TPSA) is 66.8 Å². The number of nitrogens with zero attached hydrogens (tertiary/aromatic N) is 1. The van der Waals surface area contributed by atoms with Crippen LogP contribution >= 0.6 is 27.5 Å². The molecule has 0 aliphatic carbocycles. The van der Waals surface area contributed by atoms with Crippen molar-refractivity contribution in [1.82, 2.24) is 4.90 Å². The van der Waals surface area contributed by atoms with Crippen LogP contribution in [0.5, 0.6) is 5.75 Å². The van der Waals surface area contributed by atoms with Crippen molar-refractivity contribution in [3.05, 3.63) is 27.7 Å². The number of hydrogen-bond acceptors (Lipinski definition) is 3. The molecule has 0 bridgehead atoms. The number of halogens is 2. The minimum atomic E-state index is -0.948. The molecule has 0 aliphatic heterocycles. The summed E-state index contributed by atoms with van der Waals surface area (Å²) in [5, 5.41) is 8.92. The number of ether oxygens (including phenoxy) is 1. The van der Waals surface area contributed by atoms with Crippen molar-refractivity contribution in [3.8, 4) is 5.75 Å². The number of carboxylic acids is 1. The summed E-state index contributed by atoms with van der Waals surface area (Å²) < 4.78 is 6.10. The highest BCUT2D eigenvalue weighted by molar-refractivity contribution is 9.10. The first-order chi connectivity index (χ1) is 8.90. The molecule has 0 unspecified atom stereocenters. The van der Waals surface area contributed by atoms with Crippen LogP contribution in [0.4, 0.5) is 0 Å². The Bertz CT molecular complexity index is 481. The number of carbonyl (C=O) groups excluding carboxylic acids is 1. The number of aliphatic carboxylic acids is 1. The van der Waals surface area contributed by atoms with Crippen LogP contribution in [0.3, 0.4) is 0 Å². The molecule has 0 heterocycles. The summed E-state index contributed by atoms with van der Waals surface area (Å²) >= 11 is 9.20. The van der Waals surface area contributed by atoms with Gasteiger partial charge in [-0.1, -0.05) is 27.5 Å². The fourth-order valence-corrected chi connectivity index (χ4v) is 1.96. The van der Waals surface area contributed by atoms with Crippen LogP contribution in [-0.2, 0) is 9.59 Å². The number of hydrogen-bond donors (Lipinski definition) is 1. The second-order valence-electron chi connectivity index (χ2n) is 3.82. The smallest absolute Gasteiger partial charge is 0.305 e. The predicted octanol–water partition coefficient (Wildman–Crippen LogP) is 2.41. The molecule has 0 saturated carbocycles. The lowest BCUT2D eigenvalue weighted by Gasteiger charge is -2.16. The molecule has 104 valence electrons. The Kier molecular flexibility index (Phi) is 6.11. The molecular weight excluding hydrogens is 337 g/mol. The summed E-state index contributed by atoms with van der Waals surface area (Å²) in [6.07, 6.45) is -0.0960. The van der Waals surface area contributed by atoms with E-state index in [0.29, 0.717) is 10.8 Å². The highest BCUT2D eigenvalue weighted by Gasteiger charge is 2.12. The Morgan fingerprint density at radius 1 is 1.47 bits per heavy atom. The van der Waals surface area contributed by atoms with Gasteiger partial charge in [0.05, 0.1) is 11.4 Å². The van der Waals surface area contributed by atoms with Gasteiger partial charge in [-0.25, -0.2) is 0 Å². The summed E-state index contributed by atoms with van der Waals surface area (Å²) in [4.78, 5) is 23.4. The van der Waals surface area contributed by atoms with Crippen molar-refractivity contribution in [3.63, 3.8) is 0 Å². The minimum absolute atomic E-state index is 0.0960. The first kappa shape index (κ1) is 15.8. The quantitative estimate of drug-likeness (QED) is 0.855. The Hall–Kier alpha value is -1.27. The molecule has 0 fully saturated rings. The lowest BCUT2D eigenvalue weighted by molar-refractivity contribution is -0.138. The van der Waals surface area contributed by atoms with E-state index in [-0.39, 0.29) is 25.5 Å². The zero-order chi connectivity index (χ0) is 14.4. The molecule has 0 atom stereocenters. The summed E-state index contributed by atoms with van der Waals surface area (Å²) in [6.45, 7) is -0.0386. The lowest BCUT2D eigenvalue weighted by Crippen LogP contribution is -2.33. The maximum Gasteiger partial charge on any atom is 0.305 e. The van der Waals surface area contributed by atoms with Gasteiger partial charge < -0.3 is 14.7 Å². The van der Waals surface area contributed by atoms with Gasteiger partial charge in [-0.3, -0.25) is 9.59 Å². The van der Waals surface area contributed by atoms with E-state index >= 15 is 0 Å². The van der Waals surface area contributed by atoms with Gasteiger partial charge in [0.15, 0.2) is 6.61 Å². The van der Waals surface area contributed by atoms with Crippen LogP contribution in [0.2, 0.25) is 5.02 Å². The lowest BCUT2D eigenvalue weighted by atomic mass is 10.3. The third-order valence-corrected chi connectivity index (χ3v) is 3.12. The summed E-state index contributed by atoms with van der Waals surface area (Å²) in [7, 11) is 1.53. The maximum atomic E-state index is 11.7. The van der Waals surface area contributed by atoms with Gasteiger partial charge in [-0.15, -0.1) is 0 Å². The fraction of sp³-hybridized carbons (Fsp3) is 0.333. The van der Waals surface area contributed by atoms with Gasteiger partial charge in [0, 0.05) is 18.1 Å². The molecule has 0 radical (unpaired) electrons. The maximum absolute atomic E-state index is 11.7. The molecule has 1 N–H and O–H groups in total. The van der Waals surface area contributed by atoms with Gasteiger partial charge >= 0.3 is 5.97 Å². The van der Waals surface area contributed by atoms with Crippen molar-refractivity contribution in [2.45, 2.75) is 6.42 Å². The van der Waals surface area contributed by atoms with Crippen molar-refractivity contribution >= 4 is 39.4 Å². The van der Waals surface area contributed by atoms with Crippen LogP contribution in [0.1, 0.15) is 6.42 Å². The van der Waals surface area contributed by atoms with E-state index in [4.69, 9.17) is 21.4 Å². The average Bonchev–Trinajstić information content (AvgIpc) is 2.34. The van der Waals surface area contributed by atoms with E-state index in [1.54, 1.807) is 18.2 Å². The Morgan fingerprint density at radius 2 is 2.16 bits per heavy atom. The largest absolute Gasteiger partial charge is 0.482 e. The van der Waals surface area contributed by atoms with Gasteiger partial charge in [0.2, 0.25) is 0 Å². The number of benzene rings is 1. The molecule has 5 nitrogen and oxygen atoms in total. The van der Waals surface area contributed by atoms with Gasteiger partial charge in [0.1, 0.15) is 5.75 Å². The number of likely N-dealkylation sites (N-methyl/N-ethyl adjacent to an activating group) is 1. The van der Waals surface area contributed by atoms with Crippen LogP contribution in [-0.4, -0.2) is 42.1 Å². The Balaban J connectivity index is 2.47. The standard InChI is InChI=1S/C12H13BrClNO4/c1-15(5-4-12(17)18)11(16)7-19-10-3-2-8(13)6-9(10)14/h2-3,6H,4-5,7H2,1H3,(H,17,18). The number of amides is 1. The van der Waals surface area contributed by atoms with E-state index < -0.39 is 5.97 Å². The third-order valence-electron chi connectivity index (χ3n) is 2.33. The van der Waals surface area contributed by atoms with E-state index in [9.17, 15) is 9.59 Å². The van der Waals surface area contributed by atoms with Crippen molar-refractivity contribution < 1.29 is 19.4 Å². The predicted molar refractivity (Wildman–Crippen MR) is 74.5 cm³/mol. The zero-order valence-corrected chi connectivity index (χ0v) is 12.6. The average molecular weight is 351 g/mol. The molecule has 1 rings (SSSR count). The van der Waals surface area contributed by atoms with Crippen molar-refractivity contribution in [2.24, 2.45) is 0 Å².